The summed E-state index contributed by atoms with van der Waals surface area (Å²) < 4.78 is 0. The fourth-order valence-corrected chi connectivity index (χ4v) is 1.04. The van der Waals surface area contributed by atoms with Crippen LogP contribution in [0.1, 0.15) is 46.5 Å². The van der Waals surface area contributed by atoms with Gasteiger partial charge in [-0.15, -0.1) is 0 Å². The molecule has 0 aliphatic heterocycles. The molecule has 0 bridgehead atoms. The van der Waals surface area contributed by atoms with Crippen molar-refractivity contribution < 1.29 is 15.0 Å². The molecule has 80 valence electrons. The fourth-order valence-electron chi connectivity index (χ4n) is 1.04. The lowest BCUT2D eigenvalue weighted by Gasteiger charge is -2.04. The van der Waals surface area contributed by atoms with Crippen molar-refractivity contribution >= 4 is 5.97 Å². The van der Waals surface area contributed by atoms with Crippen LogP contribution in [0.2, 0.25) is 0 Å². The molecule has 0 aromatic heterocycles. The summed E-state index contributed by atoms with van der Waals surface area (Å²) >= 11 is 0. The third kappa shape index (κ3) is 9.34. The molecular formula is C10H22O3. The molecule has 1 atom stereocenters. The Morgan fingerprint density at radius 3 is 2.23 bits per heavy atom. The van der Waals surface area contributed by atoms with Crippen molar-refractivity contribution in [1.82, 2.24) is 0 Å². The van der Waals surface area contributed by atoms with Crippen LogP contribution in [0.15, 0.2) is 0 Å². The lowest BCUT2D eigenvalue weighted by molar-refractivity contribution is -0.141. The highest BCUT2D eigenvalue weighted by molar-refractivity contribution is 5.69. The molecule has 3 heteroatoms. The number of carboxylic acid groups (broad SMARTS) is 1. The highest BCUT2D eigenvalue weighted by atomic mass is 16.4. The average molecular weight is 190 g/mol. The van der Waals surface area contributed by atoms with Crippen molar-refractivity contribution in [1.29, 1.82) is 0 Å². The van der Waals surface area contributed by atoms with Gasteiger partial charge in [0.2, 0.25) is 0 Å². The van der Waals surface area contributed by atoms with Crippen LogP contribution in [0.25, 0.3) is 0 Å². The van der Waals surface area contributed by atoms with Crippen LogP contribution in [-0.2, 0) is 4.79 Å². The zero-order valence-electron chi connectivity index (χ0n) is 7.62. The SMILES string of the molecule is C.CC(CCCCCCO)C(=O)O. The number of hydrogen-bond acceptors (Lipinski definition) is 2. The maximum atomic E-state index is 10.4. The third-order valence-corrected chi connectivity index (χ3v) is 1.97. The first-order chi connectivity index (χ1) is 5.68. The first-order valence-corrected chi connectivity index (χ1v) is 4.52. The van der Waals surface area contributed by atoms with Crippen LogP contribution in [0.3, 0.4) is 0 Å². The molecule has 0 aromatic carbocycles. The van der Waals surface area contributed by atoms with Crippen molar-refractivity contribution in [3.63, 3.8) is 0 Å². The van der Waals surface area contributed by atoms with Gasteiger partial charge in [0.25, 0.3) is 0 Å². The van der Waals surface area contributed by atoms with E-state index in [0.29, 0.717) is 0 Å². The van der Waals surface area contributed by atoms with Crippen molar-refractivity contribution in [3.05, 3.63) is 0 Å². The number of rotatable bonds is 7. The summed E-state index contributed by atoms with van der Waals surface area (Å²) in [5.74, 6) is -0.934. The fraction of sp³-hybridized carbons (Fsp3) is 0.900. The van der Waals surface area contributed by atoms with Gasteiger partial charge < -0.3 is 10.2 Å². The minimum atomic E-state index is -0.711. The first kappa shape index (κ1) is 14.9. The van der Waals surface area contributed by atoms with E-state index in [4.69, 9.17) is 10.2 Å². The smallest absolute Gasteiger partial charge is 0.306 e. The van der Waals surface area contributed by atoms with Crippen molar-refractivity contribution in [2.75, 3.05) is 6.61 Å². The van der Waals surface area contributed by atoms with Crippen molar-refractivity contribution in [2.45, 2.75) is 46.5 Å². The molecule has 0 rings (SSSR count). The van der Waals surface area contributed by atoms with E-state index >= 15 is 0 Å². The summed E-state index contributed by atoms with van der Waals surface area (Å²) in [6.07, 6.45) is 4.57. The van der Waals surface area contributed by atoms with Crippen LogP contribution < -0.4 is 0 Å². The molecule has 0 fully saturated rings. The first-order valence-electron chi connectivity index (χ1n) is 4.52. The maximum absolute atomic E-state index is 10.4. The number of unbranched alkanes of at least 4 members (excludes halogenated alkanes) is 3. The Hall–Kier alpha value is -0.570. The van der Waals surface area contributed by atoms with Gasteiger partial charge in [-0.05, 0) is 12.8 Å². The Kier molecular flexibility index (Phi) is 10.9. The molecule has 0 radical (unpaired) electrons. The van der Waals surface area contributed by atoms with E-state index in [-0.39, 0.29) is 20.0 Å². The Morgan fingerprint density at radius 2 is 1.77 bits per heavy atom. The largest absolute Gasteiger partial charge is 0.481 e. The molecule has 1 unspecified atom stereocenters. The third-order valence-electron chi connectivity index (χ3n) is 1.97. The molecular weight excluding hydrogens is 168 g/mol. The predicted octanol–water partition coefficient (Wildman–Crippen LogP) is 2.29. The summed E-state index contributed by atoms with van der Waals surface area (Å²) in [5, 5.41) is 17.0. The van der Waals surface area contributed by atoms with Gasteiger partial charge in [0.15, 0.2) is 0 Å². The summed E-state index contributed by atoms with van der Waals surface area (Å²) in [6, 6.07) is 0. The lowest BCUT2D eigenvalue weighted by atomic mass is 10.0. The average Bonchev–Trinajstić information content (AvgIpc) is 2.03. The van der Waals surface area contributed by atoms with Crippen LogP contribution in [0.5, 0.6) is 0 Å². The van der Waals surface area contributed by atoms with Gasteiger partial charge in [-0.25, -0.2) is 0 Å². The topological polar surface area (TPSA) is 57.5 Å². The monoisotopic (exact) mass is 190 g/mol. The van der Waals surface area contributed by atoms with E-state index in [1.54, 1.807) is 6.92 Å². The number of carbonyl (C=O) groups is 1. The molecule has 0 aromatic rings. The van der Waals surface area contributed by atoms with E-state index < -0.39 is 5.97 Å². The molecule has 2 N–H and O–H groups in total. The predicted molar refractivity (Wildman–Crippen MR) is 53.7 cm³/mol. The van der Waals surface area contributed by atoms with Crippen LogP contribution in [-0.4, -0.2) is 22.8 Å². The highest BCUT2D eigenvalue weighted by Crippen LogP contribution is 2.10. The second kappa shape index (κ2) is 9.52. The maximum Gasteiger partial charge on any atom is 0.306 e. The number of carboxylic acids is 1. The second-order valence-corrected chi connectivity index (χ2v) is 3.17. The summed E-state index contributed by atoms with van der Waals surface area (Å²) in [7, 11) is 0. The van der Waals surface area contributed by atoms with Crippen LogP contribution in [0.4, 0.5) is 0 Å². The Morgan fingerprint density at radius 1 is 1.23 bits per heavy atom. The van der Waals surface area contributed by atoms with Crippen LogP contribution in [0, 0.1) is 5.92 Å². The molecule has 0 aliphatic carbocycles. The van der Waals surface area contributed by atoms with E-state index in [0.717, 1.165) is 32.1 Å². The number of aliphatic carboxylic acids is 1. The van der Waals surface area contributed by atoms with Crippen molar-refractivity contribution in [3.8, 4) is 0 Å². The van der Waals surface area contributed by atoms with Crippen LogP contribution >= 0.6 is 0 Å². The van der Waals surface area contributed by atoms with E-state index in [1.807, 2.05) is 0 Å². The van der Waals surface area contributed by atoms with Gasteiger partial charge in [0, 0.05) is 6.61 Å². The number of hydrogen-bond donors (Lipinski definition) is 2. The van der Waals surface area contributed by atoms with E-state index in [1.165, 1.54) is 0 Å². The summed E-state index contributed by atoms with van der Waals surface area (Å²) in [4.78, 5) is 10.4. The highest BCUT2D eigenvalue weighted by Gasteiger charge is 2.08. The normalized spacial score (nSPS) is 11.8. The molecule has 0 saturated carbocycles. The van der Waals surface area contributed by atoms with Gasteiger partial charge >= 0.3 is 5.97 Å². The van der Waals surface area contributed by atoms with Gasteiger partial charge in [0.1, 0.15) is 0 Å². The second-order valence-electron chi connectivity index (χ2n) is 3.17. The minimum absolute atomic E-state index is 0. The quantitative estimate of drug-likeness (QED) is 0.605. The minimum Gasteiger partial charge on any atom is -0.481 e. The van der Waals surface area contributed by atoms with Gasteiger partial charge in [0.05, 0.1) is 5.92 Å². The molecule has 3 nitrogen and oxygen atoms in total. The molecule has 0 heterocycles. The molecule has 13 heavy (non-hydrogen) atoms. The molecule has 0 amide bonds. The van der Waals surface area contributed by atoms with E-state index in [9.17, 15) is 4.79 Å². The standard InChI is InChI=1S/C9H18O3.CH4/c1-8(9(11)12)6-4-2-3-5-7-10;/h8,10H,2-7H2,1H3,(H,11,12);1H4. The molecule has 0 spiro atoms. The zero-order chi connectivity index (χ0) is 9.40. The van der Waals surface area contributed by atoms with E-state index in [2.05, 4.69) is 0 Å². The molecule has 0 aliphatic rings. The lowest BCUT2D eigenvalue weighted by Crippen LogP contribution is -2.08. The number of aliphatic hydroxyl groups excluding tert-OH is 1. The van der Waals surface area contributed by atoms with Gasteiger partial charge in [-0.3, -0.25) is 4.79 Å². The summed E-state index contributed by atoms with van der Waals surface area (Å²) in [5.41, 5.74) is 0. The Labute approximate surface area is 80.8 Å². The summed E-state index contributed by atoms with van der Waals surface area (Å²) in [6.45, 7) is 1.98. The molecule has 0 saturated heterocycles. The van der Waals surface area contributed by atoms with Gasteiger partial charge in [-0.2, -0.15) is 0 Å². The number of aliphatic hydroxyl groups is 1. The van der Waals surface area contributed by atoms with Crippen molar-refractivity contribution in [2.24, 2.45) is 5.92 Å². The van der Waals surface area contributed by atoms with Gasteiger partial charge in [-0.1, -0.05) is 33.6 Å². The zero-order valence-corrected chi connectivity index (χ0v) is 7.62. The Bertz CT molecular complexity index is 123. The Balaban J connectivity index is 0.